The fraction of sp³-hybridized carbons (Fsp3) is 0.182. The maximum Gasteiger partial charge on any atom is 0.214 e. The highest BCUT2D eigenvalue weighted by Crippen LogP contribution is 2.50. The van der Waals surface area contributed by atoms with E-state index in [0.717, 1.165) is 28.8 Å². The van der Waals surface area contributed by atoms with Gasteiger partial charge in [-0.1, -0.05) is 53.0 Å². The predicted octanol–water partition coefficient (Wildman–Crippen LogP) is 5.94. The highest BCUT2D eigenvalue weighted by atomic mass is 35.5. The molecule has 6 heteroatoms. The van der Waals surface area contributed by atoms with Crippen LogP contribution in [-0.4, -0.2) is 15.7 Å². The Balaban J connectivity index is 1.63. The molecule has 0 saturated heterocycles. The molecular formula is C22H17Cl2N3O. The van der Waals surface area contributed by atoms with Gasteiger partial charge in [0.25, 0.3) is 0 Å². The van der Waals surface area contributed by atoms with Crippen LogP contribution in [0, 0.1) is 6.92 Å². The molecule has 2 aromatic carbocycles. The molecule has 28 heavy (non-hydrogen) atoms. The first-order chi connectivity index (χ1) is 13.6. The summed E-state index contributed by atoms with van der Waals surface area (Å²) < 4.78 is 6.32. The summed E-state index contributed by atoms with van der Waals surface area (Å²) in [5.41, 5.74) is 5.31. The highest BCUT2D eigenvalue weighted by molar-refractivity contribution is 6.35. The molecule has 0 unspecified atom stereocenters. The average molecular weight is 410 g/mol. The molecule has 0 aliphatic carbocycles. The zero-order valence-electron chi connectivity index (χ0n) is 15.1. The molecule has 0 amide bonds. The summed E-state index contributed by atoms with van der Waals surface area (Å²) in [7, 11) is 0. The standard InChI is InChI=1S/C22H17Cl2N3O/c1-13-2-4-14(5-3-13)19-12-20-17-10-16(23)11-18(24)21(17)28-22(27(20)26-19)15-6-8-25-9-7-15/h2-11,20,22H,12H2,1H3/t20-,22+/m1/s1. The number of ether oxygens (including phenoxy) is 1. The number of halogens is 2. The third kappa shape index (κ3) is 2.93. The molecule has 0 fully saturated rings. The van der Waals surface area contributed by atoms with Gasteiger partial charge in [-0.3, -0.25) is 4.98 Å². The number of aromatic nitrogens is 1. The van der Waals surface area contributed by atoms with Crippen LogP contribution in [-0.2, 0) is 0 Å². The van der Waals surface area contributed by atoms with E-state index in [4.69, 9.17) is 33.0 Å². The van der Waals surface area contributed by atoms with Crippen LogP contribution in [0.2, 0.25) is 10.0 Å². The minimum atomic E-state index is -0.373. The quantitative estimate of drug-likeness (QED) is 0.525. The summed E-state index contributed by atoms with van der Waals surface area (Å²) in [6.07, 6.45) is 3.90. The highest BCUT2D eigenvalue weighted by Gasteiger charge is 2.42. The fourth-order valence-electron chi connectivity index (χ4n) is 3.78. The first kappa shape index (κ1) is 17.5. The number of hydrogen-bond acceptors (Lipinski definition) is 4. The Hall–Kier alpha value is -2.56. The molecule has 1 aromatic heterocycles. The number of pyridine rings is 1. The SMILES string of the molecule is Cc1ccc(C2=NN3[C@H](C2)c2cc(Cl)cc(Cl)c2O[C@H]3c2ccncc2)cc1. The van der Waals surface area contributed by atoms with Crippen molar-refractivity contribution in [2.24, 2.45) is 5.10 Å². The van der Waals surface area contributed by atoms with Gasteiger partial charge in [-0.25, -0.2) is 5.01 Å². The third-order valence-corrected chi connectivity index (χ3v) is 5.68. The van der Waals surface area contributed by atoms with Crippen molar-refractivity contribution >= 4 is 28.9 Å². The lowest BCUT2D eigenvalue weighted by atomic mass is 9.95. The van der Waals surface area contributed by atoms with Gasteiger partial charge in [-0.05, 0) is 36.8 Å². The van der Waals surface area contributed by atoms with E-state index in [1.54, 1.807) is 18.5 Å². The number of aryl methyl sites for hydroxylation is 1. The minimum absolute atomic E-state index is 0.00872. The normalized spacial score (nSPS) is 20.2. The van der Waals surface area contributed by atoms with Gasteiger partial charge in [0.05, 0.1) is 16.8 Å². The lowest BCUT2D eigenvalue weighted by Gasteiger charge is -2.38. The van der Waals surface area contributed by atoms with E-state index in [0.29, 0.717) is 15.8 Å². The van der Waals surface area contributed by atoms with Crippen molar-refractivity contribution in [2.45, 2.75) is 25.6 Å². The van der Waals surface area contributed by atoms with Crippen LogP contribution in [0.25, 0.3) is 0 Å². The Morgan fingerprint density at radius 1 is 1.04 bits per heavy atom. The number of fused-ring (bicyclic) bond motifs is 3. The molecule has 3 heterocycles. The van der Waals surface area contributed by atoms with E-state index in [-0.39, 0.29) is 12.3 Å². The second-order valence-electron chi connectivity index (χ2n) is 7.07. The van der Waals surface area contributed by atoms with E-state index < -0.39 is 0 Å². The average Bonchev–Trinajstić information content (AvgIpc) is 3.14. The van der Waals surface area contributed by atoms with E-state index >= 15 is 0 Å². The molecule has 0 saturated carbocycles. The first-order valence-electron chi connectivity index (χ1n) is 9.08. The Labute approximate surface area is 173 Å². The molecule has 5 rings (SSSR count). The molecule has 2 aliphatic rings. The number of hydrogen-bond donors (Lipinski definition) is 0. The third-order valence-electron chi connectivity index (χ3n) is 5.18. The molecule has 4 nitrogen and oxygen atoms in total. The maximum absolute atomic E-state index is 6.48. The molecule has 0 bridgehead atoms. The van der Waals surface area contributed by atoms with Gasteiger partial charge in [-0.15, -0.1) is 0 Å². The maximum atomic E-state index is 6.48. The number of nitrogens with zero attached hydrogens (tertiary/aromatic N) is 3. The Bertz CT molecular complexity index is 1070. The van der Waals surface area contributed by atoms with Gasteiger partial charge in [0.1, 0.15) is 5.75 Å². The predicted molar refractivity (Wildman–Crippen MR) is 111 cm³/mol. The topological polar surface area (TPSA) is 37.7 Å². The van der Waals surface area contributed by atoms with Crippen molar-refractivity contribution in [3.63, 3.8) is 0 Å². The molecular weight excluding hydrogens is 393 g/mol. The lowest BCUT2D eigenvalue weighted by molar-refractivity contribution is -0.0189. The Morgan fingerprint density at radius 3 is 2.54 bits per heavy atom. The Morgan fingerprint density at radius 2 is 1.79 bits per heavy atom. The van der Waals surface area contributed by atoms with Crippen LogP contribution in [0.5, 0.6) is 5.75 Å². The van der Waals surface area contributed by atoms with E-state index in [1.165, 1.54) is 5.56 Å². The van der Waals surface area contributed by atoms with Crippen molar-refractivity contribution in [3.05, 3.63) is 93.2 Å². The summed E-state index contributed by atoms with van der Waals surface area (Å²) >= 11 is 12.8. The lowest BCUT2D eigenvalue weighted by Crippen LogP contribution is -2.33. The zero-order chi connectivity index (χ0) is 19.3. The molecule has 0 spiro atoms. The number of hydrazone groups is 1. The molecule has 0 N–H and O–H groups in total. The summed E-state index contributed by atoms with van der Waals surface area (Å²) in [6, 6.07) is 16.0. The van der Waals surface area contributed by atoms with Crippen molar-refractivity contribution in [3.8, 4) is 5.75 Å². The Kier molecular flexibility index (Phi) is 4.26. The monoisotopic (exact) mass is 409 g/mol. The molecule has 2 atom stereocenters. The molecule has 2 aliphatic heterocycles. The largest absolute Gasteiger partial charge is 0.463 e. The van der Waals surface area contributed by atoms with Gasteiger partial charge in [0.2, 0.25) is 6.23 Å². The first-order valence-corrected chi connectivity index (χ1v) is 9.84. The van der Waals surface area contributed by atoms with Crippen LogP contribution >= 0.6 is 23.2 Å². The van der Waals surface area contributed by atoms with Crippen LogP contribution in [0.3, 0.4) is 0 Å². The van der Waals surface area contributed by atoms with Crippen molar-refractivity contribution in [1.29, 1.82) is 0 Å². The minimum Gasteiger partial charge on any atom is -0.463 e. The van der Waals surface area contributed by atoms with Crippen molar-refractivity contribution < 1.29 is 4.74 Å². The van der Waals surface area contributed by atoms with Gasteiger partial charge in [0, 0.05) is 35.0 Å². The zero-order valence-corrected chi connectivity index (χ0v) is 16.7. The van der Waals surface area contributed by atoms with Crippen molar-refractivity contribution in [2.75, 3.05) is 0 Å². The van der Waals surface area contributed by atoms with Crippen LogP contribution in [0.15, 0.2) is 66.0 Å². The molecule has 140 valence electrons. The van der Waals surface area contributed by atoms with E-state index in [2.05, 4.69) is 36.2 Å². The van der Waals surface area contributed by atoms with Gasteiger partial charge >= 0.3 is 0 Å². The van der Waals surface area contributed by atoms with E-state index in [1.807, 2.05) is 23.2 Å². The van der Waals surface area contributed by atoms with Crippen LogP contribution < -0.4 is 4.74 Å². The fourth-order valence-corrected chi connectivity index (χ4v) is 4.34. The van der Waals surface area contributed by atoms with Crippen molar-refractivity contribution in [1.82, 2.24) is 9.99 Å². The summed E-state index contributed by atoms with van der Waals surface area (Å²) in [5, 5.41) is 8.07. The number of rotatable bonds is 2. The summed E-state index contributed by atoms with van der Waals surface area (Å²) in [5.74, 6) is 0.675. The summed E-state index contributed by atoms with van der Waals surface area (Å²) in [4.78, 5) is 4.12. The smallest absolute Gasteiger partial charge is 0.214 e. The van der Waals surface area contributed by atoms with Gasteiger partial charge in [-0.2, -0.15) is 5.10 Å². The molecule has 3 aromatic rings. The van der Waals surface area contributed by atoms with Crippen LogP contribution in [0.4, 0.5) is 0 Å². The van der Waals surface area contributed by atoms with Gasteiger partial charge in [0.15, 0.2) is 0 Å². The van der Waals surface area contributed by atoms with Gasteiger partial charge < -0.3 is 4.74 Å². The van der Waals surface area contributed by atoms with Crippen LogP contribution in [0.1, 0.15) is 40.9 Å². The van der Waals surface area contributed by atoms with E-state index in [9.17, 15) is 0 Å². The summed E-state index contributed by atoms with van der Waals surface area (Å²) in [6.45, 7) is 2.08. The second kappa shape index (κ2) is 6.80. The molecule has 0 radical (unpaired) electrons. The number of benzene rings is 2. The second-order valence-corrected chi connectivity index (χ2v) is 7.91.